The number of halogens is 1. The van der Waals surface area contributed by atoms with Gasteiger partial charge in [-0.25, -0.2) is 12.8 Å². The van der Waals surface area contributed by atoms with Crippen molar-refractivity contribution in [3.63, 3.8) is 0 Å². The average molecular weight is 285 g/mol. The summed E-state index contributed by atoms with van der Waals surface area (Å²) in [4.78, 5) is 11.8. The molecule has 1 aromatic carbocycles. The lowest BCUT2D eigenvalue weighted by Crippen LogP contribution is -2.30. The second kappa shape index (κ2) is 5.28. The second-order valence-electron chi connectivity index (χ2n) is 4.96. The molecule has 1 saturated heterocycles. The SMILES string of the molecule is Cc1ccc(C(=O)NCC2CCS(=O)(=O)C2)c(F)c1. The zero-order valence-corrected chi connectivity index (χ0v) is 11.5. The van der Waals surface area contributed by atoms with E-state index in [-0.39, 0.29) is 29.5 Å². The van der Waals surface area contributed by atoms with Gasteiger partial charge in [0, 0.05) is 6.54 Å². The monoisotopic (exact) mass is 285 g/mol. The summed E-state index contributed by atoms with van der Waals surface area (Å²) in [6.07, 6.45) is 0.555. The zero-order chi connectivity index (χ0) is 14.0. The average Bonchev–Trinajstić information content (AvgIpc) is 2.66. The number of benzene rings is 1. The van der Waals surface area contributed by atoms with Gasteiger partial charge in [-0.2, -0.15) is 0 Å². The van der Waals surface area contributed by atoms with E-state index < -0.39 is 21.6 Å². The number of amides is 1. The Hall–Kier alpha value is -1.43. The Balaban J connectivity index is 1.95. The van der Waals surface area contributed by atoms with Crippen LogP contribution in [0.5, 0.6) is 0 Å². The van der Waals surface area contributed by atoms with E-state index in [0.29, 0.717) is 6.42 Å². The fourth-order valence-corrected chi connectivity index (χ4v) is 4.03. The highest BCUT2D eigenvalue weighted by atomic mass is 32.2. The molecule has 4 nitrogen and oxygen atoms in total. The normalized spacial score (nSPS) is 21.3. The first-order valence-corrected chi connectivity index (χ1v) is 7.94. The van der Waals surface area contributed by atoms with Crippen LogP contribution < -0.4 is 5.32 Å². The van der Waals surface area contributed by atoms with Gasteiger partial charge in [-0.05, 0) is 37.0 Å². The molecule has 1 aliphatic rings. The fraction of sp³-hybridized carbons (Fsp3) is 0.462. The highest BCUT2D eigenvalue weighted by Crippen LogP contribution is 2.17. The summed E-state index contributed by atoms with van der Waals surface area (Å²) in [5.41, 5.74) is 0.738. The molecular formula is C13H16FNO3S. The van der Waals surface area contributed by atoms with Crippen molar-refractivity contribution in [2.75, 3.05) is 18.1 Å². The molecule has 1 unspecified atom stereocenters. The van der Waals surface area contributed by atoms with Crippen LogP contribution in [0, 0.1) is 18.7 Å². The number of hydrogen-bond acceptors (Lipinski definition) is 3. The number of nitrogens with one attached hydrogen (secondary N) is 1. The molecule has 0 radical (unpaired) electrons. The van der Waals surface area contributed by atoms with Crippen LogP contribution in [0.2, 0.25) is 0 Å². The van der Waals surface area contributed by atoms with Gasteiger partial charge in [0.1, 0.15) is 5.82 Å². The van der Waals surface area contributed by atoms with Crippen LogP contribution in [0.25, 0.3) is 0 Å². The molecule has 1 atom stereocenters. The summed E-state index contributed by atoms with van der Waals surface area (Å²) in [7, 11) is -2.95. The molecule has 1 aliphatic heterocycles. The van der Waals surface area contributed by atoms with Crippen molar-refractivity contribution in [1.29, 1.82) is 0 Å². The van der Waals surface area contributed by atoms with Crippen molar-refractivity contribution in [3.05, 3.63) is 35.1 Å². The molecule has 0 saturated carbocycles. The van der Waals surface area contributed by atoms with Gasteiger partial charge >= 0.3 is 0 Å². The Morgan fingerprint density at radius 3 is 2.79 bits per heavy atom. The Morgan fingerprint density at radius 2 is 2.21 bits per heavy atom. The Kier molecular flexibility index (Phi) is 3.89. The van der Waals surface area contributed by atoms with Crippen molar-refractivity contribution >= 4 is 15.7 Å². The van der Waals surface area contributed by atoms with Crippen LogP contribution >= 0.6 is 0 Å². The van der Waals surface area contributed by atoms with Crippen LogP contribution in [0.15, 0.2) is 18.2 Å². The largest absolute Gasteiger partial charge is 0.352 e. The molecule has 104 valence electrons. The first-order chi connectivity index (χ1) is 8.87. The van der Waals surface area contributed by atoms with Gasteiger partial charge < -0.3 is 5.32 Å². The lowest BCUT2D eigenvalue weighted by Gasteiger charge is -2.10. The molecule has 1 aromatic rings. The molecule has 6 heteroatoms. The fourth-order valence-electron chi connectivity index (χ4n) is 2.17. The van der Waals surface area contributed by atoms with E-state index >= 15 is 0 Å². The van der Waals surface area contributed by atoms with Crippen LogP contribution in [-0.4, -0.2) is 32.4 Å². The second-order valence-corrected chi connectivity index (χ2v) is 7.19. The first-order valence-electron chi connectivity index (χ1n) is 6.12. The molecule has 2 rings (SSSR count). The third kappa shape index (κ3) is 3.53. The van der Waals surface area contributed by atoms with Crippen molar-refractivity contribution in [3.8, 4) is 0 Å². The van der Waals surface area contributed by atoms with E-state index in [4.69, 9.17) is 0 Å². The van der Waals surface area contributed by atoms with Crippen molar-refractivity contribution < 1.29 is 17.6 Å². The molecule has 0 aromatic heterocycles. The Bertz CT molecular complexity index is 598. The van der Waals surface area contributed by atoms with Gasteiger partial charge in [-0.3, -0.25) is 4.79 Å². The van der Waals surface area contributed by atoms with Crippen LogP contribution in [0.4, 0.5) is 4.39 Å². The number of aryl methyl sites for hydroxylation is 1. The number of sulfone groups is 1. The van der Waals surface area contributed by atoms with Gasteiger partial charge in [-0.1, -0.05) is 6.07 Å². The van der Waals surface area contributed by atoms with Gasteiger partial charge in [0.05, 0.1) is 17.1 Å². The van der Waals surface area contributed by atoms with Crippen LogP contribution in [0.3, 0.4) is 0 Å². The number of hydrogen-bond donors (Lipinski definition) is 1. The summed E-state index contributed by atoms with van der Waals surface area (Å²) in [5, 5.41) is 2.60. The molecule has 1 amide bonds. The highest BCUT2D eigenvalue weighted by Gasteiger charge is 2.28. The van der Waals surface area contributed by atoms with E-state index in [2.05, 4.69) is 5.32 Å². The van der Waals surface area contributed by atoms with Crippen molar-refractivity contribution in [2.24, 2.45) is 5.92 Å². The third-order valence-corrected chi connectivity index (χ3v) is 5.08. The maximum atomic E-state index is 13.6. The maximum Gasteiger partial charge on any atom is 0.254 e. The molecule has 0 bridgehead atoms. The van der Waals surface area contributed by atoms with Crippen LogP contribution in [0.1, 0.15) is 22.3 Å². The van der Waals surface area contributed by atoms with Gasteiger partial charge in [-0.15, -0.1) is 0 Å². The van der Waals surface area contributed by atoms with E-state index in [1.165, 1.54) is 12.1 Å². The quantitative estimate of drug-likeness (QED) is 0.910. The summed E-state index contributed by atoms with van der Waals surface area (Å²) >= 11 is 0. The topological polar surface area (TPSA) is 63.2 Å². The minimum Gasteiger partial charge on any atom is -0.352 e. The minimum absolute atomic E-state index is 0.00791. The first kappa shape index (κ1) is 14.0. The van der Waals surface area contributed by atoms with Gasteiger partial charge in [0.25, 0.3) is 5.91 Å². The Labute approximate surface area is 111 Å². The van der Waals surface area contributed by atoms with E-state index in [0.717, 1.165) is 5.56 Å². The number of rotatable bonds is 3. The van der Waals surface area contributed by atoms with Crippen molar-refractivity contribution in [1.82, 2.24) is 5.32 Å². The molecule has 1 heterocycles. The molecule has 19 heavy (non-hydrogen) atoms. The third-order valence-electron chi connectivity index (χ3n) is 3.25. The predicted octanol–water partition coefficient (Wildman–Crippen LogP) is 1.30. The highest BCUT2D eigenvalue weighted by molar-refractivity contribution is 7.91. The predicted molar refractivity (Wildman–Crippen MR) is 70.2 cm³/mol. The Morgan fingerprint density at radius 1 is 1.47 bits per heavy atom. The summed E-state index contributed by atoms with van der Waals surface area (Å²) in [6.45, 7) is 2.01. The summed E-state index contributed by atoms with van der Waals surface area (Å²) < 4.78 is 36.1. The molecular weight excluding hydrogens is 269 g/mol. The maximum absolute atomic E-state index is 13.6. The smallest absolute Gasteiger partial charge is 0.254 e. The standard InChI is InChI=1S/C13H16FNO3S/c1-9-2-3-11(12(14)6-9)13(16)15-7-10-4-5-19(17,18)8-10/h2-3,6,10H,4-5,7-8H2,1H3,(H,15,16). The summed E-state index contributed by atoms with van der Waals surface area (Å²) in [5.74, 6) is -0.850. The van der Waals surface area contributed by atoms with E-state index in [9.17, 15) is 17.6 Å². The van der Waals surface area contributed by atoms with Gasteiger partial charge in [0.2, 0.25) is 0 Å². The van der Waals surface area contributed by atoms with E-state index in [1.807, 2.05) is 0 Å². The number of carbonyl (C=O) groups is 1. The molecule has 1 N–H and O–H groups in total. The zero-order valence-electron chi connectivity index (χ0n) is 10.6. The summed E-state index contributed by atoms with van der Waals surface area (Å²) in [6, 6.07) is 4.40. The van der Waals surface area contributed by atoms with Crippen molar-refractivity contribution in [2.45, 2.75) is 13.3 Å². The molecule has 0 spiro atoms. The minimum atomic E-state index is -2.95. The molecule has 0 aliphatic carbocycles. The lowest BCUT2D eigenvalue weighted by molar-refractivity contribution is 0.0944. The van der Waals surface area contributed by atoms with E-state index in [1.54, 1.807) is 13.0 Å². The lowest BCUT2D eigenvalue weighted by atomic mass is 10.1. The van der Waals surface area contributed by atoms with Gasteiger partial charge in [0.15, 0.2) is 9.84 Å². The number of carbonyl (C=O) groups excluding carboxylic acids is 1. The van der Waals surface area contributed by atoms with Crippen LogP contribution in [-0.2, 0) is 9.84 Å². The molecule has 1 fully saturated rings.